The van der Waals surface area contributed by atoms with Gasteiger partial charge in [-0.25, -0.2) is 9.97 Å². The Labute approximate surface area is 324 Å². The normalized spacial score (nSPS) is 11.6. The van der Waals surface area contributed by atoms with Gasteiger partial charge in [0.2, 0.25) is 0 Å². The fourth-order valence-corrected chi connectivity index (χ4v) is 8.36. The molecule has 0 amide bonds. The Morgan fingerprint density at radius 3 is 1.30 bits per heavy atom. The predicted octanol–water partition coefficient (Wildman–Crippen LogP) is 13.3. The van der Waals surface area contributed by atoms with Crippen LogP contribution in [0.3, 0.4) is 0 Å². The fourth-order valence-electron chi connectivity index (χ4n) is 8.36. The summed E-state index contributed by atoms with van der Waals surface area (Å²) in [6.07, 6.45) is 0. The highest BCUT2D eigenvalue weighted by molar-refractivity contribution is 6.12. The van der Waals surface area contributed by atoms with Crippen LogP contribution >= 0.6 is 0 Å². The summed E-state index contributed by atoms with van der Waals surface area (Å²) in [5, 5.41) is 4.93. The molecule has 0 unspecified atom stereocenters. The number of nitrogens with zero attached hydrogens (tertiary/aromatic N) is 4. The first-order valence-corrected chi connectivity index (χ1v) is 19.0. The molecule has 11 aromatic rings. The minimum Gasteiger partial charge on any atom is -0.307 e. The van der Waals surface area contributed by atoms with Crippen LogP contribution in [0.15, 0.2) is 206 Å². The van der Waals surface area contributed by atoms with Crippen molar-refractivity contribution in [2.75, 3.05) is 0 Å². The van der Waals surface area contributed by atoms with Crippen LogP contribution in [0.5, 0.6) is 0 Å². The number of benzene rings is 8. The van der Waals surface area contributed by atoms with Crippen LogP contribution in [0.25, 0.3) is 100 Å². The first kappa shape index (κ1) is 31.9. The van der Waals surface area contributed by atoms with E-state index in [0.29, 0.717) is 5.82 Å². The number of fused-ring (bicyclic) bond motifs is 6. The van der Waals surface area contributed by atoms with Gasteiger partial charge in [-0.15, -0.1) is 0 Å². The van der Waals surface area contributed by atoms with Gasteiger partial charge in [0.05, 0.1) is 44.8 Å². The van der Waals surface area contributed by atoms with E-state index in [2.05, 4.69) is 191 Å². The summed E-state index contributed by atoms with van der Waals surface area (Å²) in [6, 6.07) is 73.2. The van der Waals surface area contributed by atoms with Gasteiger partial charge in [-0.1, -0.05) is 152 Å². The van der Waals surface area contributed by atoms with Crippen molar-refractivity contribution >= 4 is 43.6 Å². The molecular formula is C52H34N4. The van der Waals surface area contributed by atoms with Gasteiger partial charge in [0.25, 0.3) is 0 Å². The van der Waals surface area contributed by atoms with Crippen LogP contribution in [0.4, 0.5) is 0 Å². The molecule has 56 heavy (non-hydrogen) atoms. The molecule has 0 atom stereocenters. The largest absolute Gasteiger partial charge is 0.307 e. The molecule has 0 bridgehead atoms. The van der Waals surface area contributed by atoms with Crippen LogP contribution in [0, 0.1) is 0 Å². The highest BCUT2D eigenvalue weighted by Crippen LogP contribution is 2.40. The van der Waals surface area contributed by atoms with Crippen LogP contribution in [0.2, 0.25) is 0 Å². The zero-order valence-corrected chi connectivity index (χ0v) is 30.4. The Balaban J connectivity index is 1.07. The van der Waals surface area contributed by atoms with E-state index >= 15 is 0 Å². The molecule has 0 spiro atoms. The summed E-state index contributed by atoms with van der Waals surface area (Å²) in [6.45, 7) is 0. The molecule has 0 aliphatic heterocycles. The van der Waals surface area contributed by atoms with Gasteiger partial charge in [-0.05, 0) is 65.7 Å². The van der Waals surface area contributed by atoms with E-state index in [-0.39, 0.29) is 0 Å². The lowest BCUT2D eigenvalue weighted by Gasteiger charge is -2.16. The molecule has 0 saturated heterocycles. The Hall–Kier alpha value is -7.56. The highest BCUT2D eigenvalue weighted by atomic mass is 15.1. The molecule has 0 aliphatic rings. The average molecular weight is 715 g/mol. The van der Waals surface area contributed by atoms with E-state index in [4.69, 9.17) is 9.97 Å². The van der Waals surface area contributed by atoms with Crippen molar-refractivity contribution in [1.29, 1.82) is 0 Å². The van der Waals surface area contributed by atoms with Gasteiger partial charge in [0.15, 0.2) is 5.82 Å². The second-order valence-corrected chi connectivity index (χ2v) is 14.2. The zero-order chi connectivity index (χ0) is 37.0. The third-order valence-corrected chi connectivity index (χ3v) is 10.9. The van der Waals surface area contributed by atoms with Crippen molar-refractivity contribution in [2.24, 2.45) is 0 Å². The van der Waals surface area contributed by atoms with Crippen molar-refractivity contribution in [3.63, 3.8) is 0 Å². The van der Waals surface area contributed by atoms with Gasteiger partial charge in [-0.2, -0.15) is 0 Å². The Bertz CT molecular complexity index is 3140. The minimum absolute atomic E-state index is 0.711. The van der Waals surface area contributed by atoms with Crippen molar-refractivity contribution < 1.29 is 0 Å². The number of rotatable bonds is 6. The molecule has 262 valence electrons. The maximum Gasteiger partial charge on any atom is 0.160 e. The van der Waals surface area contributed by atoms with Gasteiger partial charge in [0, 0.05) is 38.2 Å². The average Bonchev–Trinajstić information content (AvgIpc) is 3.79. The van der Waals surface area contributed by atoms with Crippen LogP contribution < -0.4 is 0 Å². The van der Waals surface area contributed by atoms with Gasteiger partial charge >= 0.3 is 0 Å². The maximum atomic E-state index is 5.11. The summed E-state index contributed by atoms with van der Waals surface area (Å²) in [5.74, 6) is 0.711. The fraction of sp³-hybridized carbons (Fsp3) is 0. The van der Waals surface area contributed by atoms with E-state index in [0.717, 1.165) is 56.1 Å². The summed E-state index contributed by atoms with van der Waals surface area (Å²) < 4.78 is 4.85. The van der Waals surface area contributed by atoms with E-state index in [1.54, 1.807) is 0 Å². The van der Waals surface area contributed by atoms with E-state index in [9.17, 15) is 0 Å². The zero-order valence-electron chi connectivity index (χ0n) is 30.4. The Morgan fingerprint density at radius 1 is 0.268 bits per heavy atom. The Kier molecular flexibility index (Phi) is 7.46. The van der Waals surface area contributed by atoms with E-state index in [1.807, 2.05) is 24.3 Å². The molecular weight excluding hydrogens is 681 g/mol. The van der Waals surface area contributed by atoms with Gasteiger partial charge < -0.3 is 9.13 Å². The number of hydrogen-bond acceptors (Lipinski definition) is 2. The van der Waals surface area contributed by atoms with E-state index in [1.165, 1.54) is 38.1 Å². The topological polar surface area (TPSA) is 35.6 Å². The van der Waals surface area contributed by atoms with Gasteiger partial charge in [0.1, 0.15) is 0 Å². The molecule has 4 nitrogen and oxygen atoms in total. The monoisotopic (exact) mass is 714 g/mol. The minimum atomic E-state index is 0.711. The van der Waals surface area contributed by atoms with Crippen LogP contribution in [-0.4, -0.2) is 19.1 Å². The van der Waals surface area contributed by atoms with Crippen LogP contribution in [0.1, 0.15) is 0 Å². The Morgan fingerprint density at radius 2 is 0.696 bits per heavy atom. The standard InChI is InChI=1S/C52H34N4/c1-3-16-35(17-4-1)44-34-45(54-52(53-44)36-18-5-2-6-19-36)39-21-15-20-37(32-39)38-30-31-49-43(33-38)42-24-9-12-27-48(42)56(49)51-29-14-13-28-50(51)55-46-25-10-7-22-40(46)41-23-8-11-26-47(41)55/h1-34H. The number of hydrogen-bond donors (Lipinski definition) is 0. The van der Waals surface area contributed by atoms with Gasteiger partial charge in [-0.3, -0.25) is 0 Å². The molecule has 0 fully saturated rings. The highest BCUT2D eigenvalue weighted by Gasteiger charge is 2.19. The summed E-state index contributed by atoms with van der Waals surface area (Å²) in [7, 11) is 0. The number of para-hydroxylation sites is 5. The first-order valence-electron chi connectivity index (χ1n) is 19.0. The van der Waals surface area contributed by atoms with Crippen molar-refractivity contribution in [3.05, 3.63) is 206 Å². The lowest BCUT2D eigenvalue weighted by atomic mass is 9.99. The first-order chi connectivity index (χ1) is 27.8. The lowest BCUT2D eigenvalue weighted by Crippen LogP contribution is -2.03. The second kappa shape index (κ2) is 13.1. The SMILES string of the molecule is c1ccc(-c2cc(-c3cccc(-c4ccc5c(c4)c4ccccc4n5-c4ccccc4-n4c5ccccc5c5ccccc54)c3)nc(-c3ccccc3)n2)cc1. The van der Waals surface area contributed by atoms with E-state index < -0.39 is 0 Å². The second-order valence-electron chi connectivity index (χ2n) is 14.2. The molecule has 0 N–H and O–H groups in total. The summed E-state index contributed by atoms with van der Waals surface area (Å²) in [4.78, 5) is 10.1. The van der Waals surface area contributed by atoms with Crippen molar-refractivity contribution in [3.8, 4) is 56.4 Å². The predicted molar refractivity (Wildman–Crippen MR) is 232 cm³/mol. The maximum absolute atomic E-state index is 5.11. The molecule has 4 heteroatoms. The molecule has 0 saturated carbocycles. The molecule has 11 rings (SSSR count). The van der Waals surface area contributed by atoms with Crippen molar-refractivity contribution in [2.45, 2.75) is 0 Å². The quantitative estimate of drug-likeness (QED) is 0.172. The number of aromatic nitrogens is 4. The summed E-state index contributed by atoms with van der Waals surface area (Å²) in [5.41, 5.74) is 14.2. The molecule has 3 heterocycles. The van der Waals surface area contributed by atoms with Crippen LogP contribution in [-0.2, 0) is 0 Å². The molecule has 3 aromatic heterocycles. The lowest BCUT2D eigenvalue weighted by molar-refractivity contribution is 1.10. The smallest absolute Gasteiger partial charge is 0.160 e. The molecule has 0 aliphatic carbocycles. The molecule has 8 aromatic carbocycles. The third kappa shape index (κ3) is 5.23. The summed E-state index contributed by atoms with van der Waals surface area (Å²) >= 11 is 0. The van der Waals surface area contributed by atoms with Crippen molar-refractivity contribution in [1.82, 2.24) is 19.1 Å². The third-order valence-electron chi connectivity index (χ3n) is 10.9. The molecule has 0 radical (unpaired) electrons.